The van der Waals surface area contributed by atoms with Gasteiger partial charge in [0.25, 0.3) is 5.92 Å². The summed E-state index contributed by atoms with van der Waals surface area (Å²) in [6.07, 6.45) is 2.93. The lowest BCUT2D eigenvalue weighted by atomic mass is 9.30. The fraction of sp³-hybridized carbons (Fsp3) is 0.478. The molecule has 0 spiro atoms. The SMILES string of the molecule is CC(C)Oc1ccc(C23CC(C(F)(F)C(O)(Cn4cnnn4)c4ccc(F)cc4F)(C2)C3)cn1. The molecule has 1 atom stereocenters. The Labute approximate surface area is 192 Å². The minimum Gasteiger partial charge on any atom is -0.475 e. The number of hydrogen-bond donors (Lipinski definition) is 1. The van der Waals surface area contributed by atoms with E-state index in [1.807, 2.05) is 19.9 Å². The highest BCUT2D eigenvalue weighted by Gasteiger charge is 2.82. The zero-order chi connectivity index (χ0) is 24.4. The topological polar surface area (TPSA) is 86.0 Å². The first-order valence-corrected chi connectivity index (χ1v) is 10.9. The number of benzene rings is 1. The molecule has 0 saturated heterocycles. The summed E-state index contributed by atoms with van der Waals surface area (Å²) in [4.78, 5) is 4.27. The first-order chi connectivity index (χ1) is 16.0. The van der Waals surface area contributed by atoms with Crippen molar-refractivity contribution in [1.29, 1.82) is 0 Å². The molecule has 1 aromatic carbocycles. The highest BCUT2D eigenvalue weighted by atomic mass is 19.3. The fourth-order valence-electron chi connectivity index (χ4n) is 5.54. The number of tetrazole rings is 1. The first kappa shape index (κ1) is 22.7. The molecule has 7 nitrogen and oxygen atoms in total. The van der Waals surface area contributed by atoms with Gasteiger partial charge in [-0.15, -0.1) is 5.10 Å². The Balaban J connectivity index is 1.44. The number of aromatic nitrogens is 5. The second kappa shape index (κ2) is 7.46. The lowest BCUT2D eigenvalue weighted by Crippen LogP contribution is -2.76. The van der Waals surface area contributed by atoms with Crippen molar-refractivity contribution in [2.24, 2.45) is 5.41 Å². The molecular formula is C23H23F4N5O2. The Morgan fingerprint density at radius 1 is 1.15 bits per heavy atom. The zero-order valence-electron chi connectivity index (χ0n) is 18.6. The monoisotopic (exact) mass is 477 g/mol. The lowest BCUT2D eigenvalue weighted by Gasteiger charge is -2.74. The van der Waals surface area contributed by atoms with E-state index < -0.39 is 46.1 Å². The second-order valence-corrected chi connectivity index (χ2v) is 9.71. The van der Waals surface area contributed by atoms with Crippen LogP contribution in [0.2, 0.25) is 0 Å². The van der Waals surface area contributed by atoms with Gasteiger partial charge in [-0.1, -0.05) is 6.07 Å². The van der Waals surface area contributed by atoms with E-state index in [4.69, 9.17) is 4.74 Å². The summed E-state index contributed by atoms with van der Waals surface area (Å²) in [5, 5.41) is 21.8. The molecule has 3 aliphatic carbocycles. The van der Waals surface area contributed by atoms with Gasteiger partial charge in [-0.25, -0.2) is 27.2 Å². The highest BCUT2D eigenvalue weighted by Crippen LogP contribution is 2.80. The van der Waals surface area contributed by atoms with E-state index in [1.54, 1.807) is 12.3 Å². The summed E-state index contributed by atoms with van der Waals surface area (Å²) < 4.78 is 67.0. The van der Waals surface area contributed by atoms with Crippen molar-refractivity contribution in [2.75, 3.05) is 0 Å². The van der Waals surface area contributed by atoms with Gasteiger partial charge < -0.3 is 9.84 Å². The van der Waals surface area contributed by atoms with Crippen LogP contribution in [-0.4, -0.2) is 42.3 Å². The predicted molar refractivity (Wildman–Crippen MR) is 111 cm³/mol. The third kappa shape index (κ3) is 3.20. The first-order valence-electron chi connectivity index (χ1n) is 10.9. The van der Waals surface area contributed by atoms with E-state index in [9.17, 15) is 13.9 Å². The minimum absolute atomic E-state index is 0.0417. The van der Waals surface area contributed by atoms with Crippen molar-refractivity contribution in [1.82, 2.24) is 25.2 Å². The summed E-state index contributed by atoms with van der Waals surface area (Å²) >= 11 is 0. The van der Waals surface area contributed by atoms with Crippen LogP contribution >= 0.6 is 0 Å². The summed E-state index contributed by atoms with van der Waals surface area (Å²) in [5.74, 6) is -5.51. The second-order valence-electron chi connectivity index (χ2n) is 9.71. The Hall–Kier alpha value is -3.08. The highest BCUT2D eigenvalue weighted by molar-refractivity contribution is 5.42. The van der Waals surface area contributed by atoms with Gasteiger partial charge in [-0.2, -0.15) is 0 Å². The summed E-state index contributed by atoms with van der Waals surface area (Å²) in [5.41, 5.74) is -4.92. The Bertz CT molecular complexity index is 1180. The number of alkyl halides is 2. The molecule has 6 rings (SSSR count). The molecule has 3 fully saturated rings. The van der Waals surface area contributed by atoms with E-state index >= 15 is 8.78 Å². The van der Waals surface area contributed by atoms with Gasteiger partial charge in [0.15, 0.2) is 5.60 Å². The van der Waals surface area contributed by atoms with E-state index in [-0.39, 0.29) is 25.4 Å². The minimum atomic E-state index is -3.76. The standard InChI is InChI=1S/C23H23F4N5O2/c1-14(2)34-19-6-3-15(8-28-19)20-9-21(10-20,11-20)23(26,27)22(33,12-32-13-29-30-31-32)17-5-4-16(24)7-18(17)25/h3-8,13-14,33H,9-12H2,1-2H3. The smallest absolute Gasteiger partial charge is 0.287 e. The maximum atomic E-state index is 16.2. The van der Waals surface area contributed by atoms with Crippen molar-refractivity contribution in [3.05, 3.63) is 65.6 Å². The van der Waals surface area contributed by atoms with Crippen LogP contribution in [0.5, 0.6) is 5.88 Å². The molecule has 180 valence electrons. The molecule has 1 unspecified atom stereocenters. The third-order valence-corrected chi connectivity index (χ3v) is 7.08. The number of pyridine rings is 1. The average molecular weight is 477 g/mol. The van der Waals surface area contributed by atoms with Crippen LogP contribution in [-0.2, 0) is 17.6 Å². The van der Waals surface area contributed by atoms with Crippen LogP contribution in [0.1, 0.15) is 44.2 Å². The number of rotatable bonds is 8. The normalized spacial score (nSPS) is 25.4. The van der Waals surface area contributed by atoms with Crippen LogP contribution in [0.4, 0.5) is 17.6 Å². The van der Waals surface area contributed by atoms with Crippen molar-refractivity contribution in [3.63, 3.8) is 0 Å². The summed E-state index contributed by atoms with van der Waals surface area (Å²) in [6.45, 7) is 2.96. The van der Waals surface area contributed by atoms with E-state index in [0.717, 1.165) is 28.7 Å². The van der Waals surface area contributed by atoms with Gasteiger partial charge in [-0.3, -0.25) is 0 Å². The zero-order valence-corrected chi connectivity index (χ0v) is 18.6. The van der Waals surface area contributed by atoms with Crippen molar-refractivity contribution >= 4 is 0 Å². The summed E-state index contributed by atoms with van der Waals surface area (Å²) in [6, 6.07) is 5.70. The van der Waals surface area contributed by atoms with Gasteiger partial charge >= 0.3 is 0 Å². The molecule has 3 aromatic rings. The van der Waals surface area contributed by atoms with E-state index in [1.165, 1.54) is 0 Å². The molecule has 2 heterocycles. The maximum Gasteiger partial charge on any atom is 0.287 e. The predicted octanol–water partition coefficient (Wildman–Crippen LogP) is 3.78. The fourth-order valence-corrected chi connectivity index (χ4v) is 5.54. The molecule has 2 bridgehead atoms. The van der Waals surface area contributed by atoms with Crippen molar-refractivity contribution < 1.29 is 27.4 Å². The molecule has 3 saturated carbocycles. The quantitative estimate of drug-likeness (QED) is 0.497. The molecule has 2 aromatic heterocycles. The number of ether oxygens (including phenoxy) is 1. The molecule has 11 heteroatoms. The number of hydrogen-bond acceptors (Lipinski definition) is 6. The third-order valence-electron chi connectivity index (χ3n) is 7.08. The summed E-state index contributed by atoms with van der Waals surface area (Å²) in [7, 11) is 0. The molecule has 1 N–H and O–H groups in total. The Morgan fingerprint density at radius 2 is 1.88 bits per heavy atom. The van der Waals surface area contributed by atoms with Gasteiger partial charge in [0.05, 0.1) is 12.6 Å². The van der Waals surface area contributed by atoms with Crippen LogP contribution in [0.15, 0.2) is 42.9 Å². The van der Waals surface area contributed by atoms with Crippen molar-refractivity contribution in [3.8, 4) is 5.88 Å². The molecule has 0 amide bonds. The van der Waals surface area contributed by atoms with Crippen molar-refractivity contribution in [2.45, 2.75) is 62.7 Å². The lowest BCUT2D eigenvalue weighted by molar-refractivity contribution is -0.347. The van der Waals surface area contributed by atoms with Crippen LogP contribution in [0.25, 0.3) is 0 Å². The molecule has 3 aliphatic rings. The van der Waals surface area contributed by atoms with E-state index in [2.05, 4.69) is 20.5 Å². The largest absolute Gasteiger partial charge is 0.475 e. The number of aliphatic hydroxyl groups is 1. The molecule has 34 heavy (non-hydrogen) atoms. The van der Waals surface area contributed by atoms with Crippen LogP contribution in [0, 0.1) is 17.0 Å². The number of halogens is 4. The molecule has 0 aliphatic heterocycles. The molecular weight excluding hydrogens is 454 g/mol. The van der Waals surface area contributed by atoms with Gasteiger partial charge in [0.1, 0.15) is 18.0 Å². The van der Waals surface area contributed by atoms with Crippen LogP contribution in [0.3, 0.4) is 0 Å². The van der Waals surface area contributed by atoms with Crippen LogP contribution < -0.4 is 4.74 Å². The Morgan fingerprint density at radius 3 is 2.44 bits per heavy atom. The average Bonchev–Trinajstić information content (AvgIpc) is 3.19. The Kier molecular flexibility index (Phi) is 4.98. The maximum absolute atomic E-state index is 16.2. The van der Waals surface area contributed by atoms with Gasteiger partial charge in [0.2, 0.25) is 5.88 Å². The number of nitrogens with zero attached hydrogens (tertiary/aromatic N) is 5. The molecule has 0 radical (unpaired) electrons. The van der Waals surface area contributed by atoms with E-state index in [0.29, 0.717) is 11.9 Å². The van der Waals surface area contributed by atoms with Gasteiger partial charge in [-0.05, 0) is 66.6 Å². The van der Waals surface area contributed by atoms with Gasteiger partial charge in [0, 0.05) is 29.3 Å².